The minimum absolute atomic E-state index is 0.120. The maximum absolute atomic E-state index is 12.8. The molecule has 8 nitrogen and oxygen atoms in total. The molecule has 1 N–H and O–H groups in total. The third kappa shape index (κ3) is 4.73. The van der Waals surface area contributed by atoms with Crippen LogP contribution in [0.1, 0.15) is 48.1 Å². The normalized spacial score (nSPS) is 12.2. The molecule has 1 aromatic heterocycles. The van der Waals surface area contributed by atoms with Gasteiger partial charge in [0.1, 0.15) is 0 Å². The minimum atomic E-state index is -3.67. The van der Waals surface area contributed by atoms with E-state index < -0.39 is 15.9 Å². The van der Waals surface area contributed by atoms with E-state index in [9.17, 15) is 13.2 Å². The monoisotopic (exact) mass is 456 g/mol. The van der Waals surface area contributed by atoms with Crippen LogP contribution >= 0.6 is 0 Å². The molecular weight excluding hydrogens is 428 g/mol. The van der Waals surface area contributed by atoms with E-state index in [2.05, 4.69) is 15.5 Å². The topological polar surface area (TPSA) is 105 Å². The molecule has 0 unspecified atom stereocenters. The highest BCUT2D eigenvalue weighted by Crippen LogP contribution is 2.26. The van der Waals surface area contributed by atoms with Crippen molar-refractivity contribution in [3.8, 4) is 11.4 Å². The van der Waals surface area contributed by atoms with E-state index in [4.69, 9.17) is 4.52 Å². The number of carbonyl (C=O) groups excluding carboxylic acids is 1. The number of rotatable bonds is 5. The van der Waals surface area contributed by atoms with Crippen LogP contribution in [-0.4, -0.2) is 42.9 Å². The molecule has 1 amide bonds. The quantitative estimate of drug-likeness (QED) is 0.618. The van der Waals surface area contributed by atoms with Crippen molar-refractivity contribution >= 4 is 21.6 Å². The number of aryl methyl sites for hydroxylation is 1. The van der Waals surface area contributed by atoms with Gasteiger partial charge in [0.15, 0.2) is 0 Å². The Morgan fingerprint density at radius 1 is 1.06 bits per heavy atom. The highest BCUT2D eigenvalue weighted by molar-refractivity contribution is 7.89. The third-order valence-electron chi connectivity index (χ3n) is 5.11. The lowest BCUT2D eigenvalue weighted by molar-refractivity contribution is 0.102. The van der Waals surface area contributed by atoms with Crippen molar-refractivity contribution in [2.75, 3.05) is 19.4 Å². The molecule has 0 fully saturated rings. The van der Waals surface area contributed by atoms with Crippen molar-refractivity contribution in [1.29, 1.82) is 0 Å². The highest BCUT2D eigenvalue weighted by Gasteiger charge is 2.24. The molecule has 1 heterocycles. The maximum atomic E-state index is 12.8. The van der Waals surface area contributed by atoms with Crippen molar-refractivity contribution in [2.45, 2.75) is 44.9 Å². The van der Waals surface area contributed by atoms with Crippen LogP contribution in [0, 0.1) is 13.8 Å². The van der Waals surface area contributed by atoms with Crippen LogP contribution in [0.5, 0.6) is 0 Å². The van der Waals surface area contributed by atoms with Crippen LogP contribution in [0.2, 0.25) is 0 Å². The summed E-state index contributed by atoms with van der Waals surface area (Å²) in [4.78, 5) is 17.4. The van der Waals surface area contributed by atoms with Gasteiger partial charge < -0.3 is 9.84 Å². The third-order valence-corrected chi connectivity index (χ3v) is 7.05. The number of amides is 1. The fourth-order valence-electron chi connectivity index (χ4n) is 2.97. The van der Waals surface area contributed by atoms with Gasteiger partial charge >= 0.3 is 0 Å². The van der Waals surface area contributed by atoms with Crippen molar-refractivity contribution in [3.63, 3.8) is 0 Å². The number of anilines is 1. The Bertz CT molecular complexity index is 1250. The second kappa shape index (κ2) is 8.48. The number of aromatic nitrogens is 2. The second-order valence-corrected chi connectivity index (χ2v) is 11.0. The van der Waals surface area contributed by atoms with Crippen LogP contribution in [0.4, 0.5) is 5.69 Å². The summed E-state index contributed by atoms with van der Waals surface area (Å²) in [6, 6.07) is 10.1. The van der Waals surface area contributed by atoms with Crippen LogP contribution in [0.25, 0.3) is 11.4 Å². The smallest absolute Gasteiger partial charge is 0.255 e. The molecule has 0 aliphatic carbocycles. The molecule has 0 saturated carbocycles. The fourth-order valence-corrected chi connectivity index (χ4v) is 4.19. The highest BCUT2D eigenvalue weighted by atomic mass is 32.2. The molecule has 0 aliphatic heterocycles. The standard InChI is InChI=1S/C23H28N4O4S/c1-14-12-17(13-19(15(14)2)32(29,30)27(6)7)21(28)24-18-10-8-16(9-11-18)20-25-22(31-26-20)23(3,4)5/h8-13H,1-7H3,(H,24,28). The molecule has 2 aromatic carbocycles. The lowest BCUT2D eigenvalue weighted by Gasteiger charge is -2.16. The Morgan fingerprint density at radius 2 is 1.69 bits per heavy atom. The van der Waals surface area contributed by atoms with Crippen molar-refractivity contribution in [2.24, 2.45) is 0 Å². The Labute approximate surface area is 188 Å². The average Bonchev–Trinajstić information content (AvgIpc) is 3.21. The summed E-state index contributed by atoms with van der Waals surface area (Å²) in [7, 11) is -0.744. The molecule has 3 rings (SSSR count). The van der Waals surface area contributed by atoms with Gasteiger partial charge in [-0.2, -0.15) is 4.98 Å². The molecule has 0 radical (unpaired) electrons. The summed E-state index contributed by atoms with van der Waals surface area (Å²) in [5.41, 5.74) is 2.69. The van der Waals surface area contributed by atoms with E-state index in [1.807, 2.05) is 20.8 Å². The van der Waals surface area contributed by atoms with Gasteiger partial charge in [0, 0.05) is 36.3 Å². The summed E-state index contributed by atoms with van der Waals surface area (Å²) in [6.45, 7) is 9.49. The molecule has 0 bridgehead atoms. The van der Waals surface area contributed by atoms with E-state index in [1.54, 1.807) is 44.2 Å². The molecule has 0 aliphatic rings. The first-order chi connectivity index (χ1) is 14.8. The van der Waals surface area contributed by atoms with Gasteiger partial charge in [0.05, 0.1) is 4.90 Å². The number of benzene rings is 2. The summed E-state index contributed by atoms with van der Waals surface area (Å²) in [5, 5.41) is 6.83. The van der Waals surface area contributed by atoms with Gasteiger partial charge in [-0.25, -0.2) is 12.7 Å². The number of hydrogen-bond donors (Lipinski definition) is 1. The molecule has 32 heavy (non-hydrogen) atoms. The van der Waals surface area contributed by atoms with Crippen LogP contribution < -0.4 is 5.32 Å². The summed E-state index contributed by atoms with van der Waals surface area (Å²) >= 11 is 0. The maximum Gasteiger partial charge on any atom is 0.255 e. The Kier molecular flexibility index (Phi) is 6.26. The Hall–Kier alpha value is -3.04. The van der Waals surface area contributed by atoms with Gasteiger partial charge in [-0.15, -0.1) is 0 Å². The Morgan fingerprint density at radius 3 is 2.22 bits per heavy atom. The number of hydrogen-bond acceptors (Lipinski definition) is 6. The molecule has 0 saturated heterocycles. The van der Waals surface area contributed by atoms with Gasteiger partial charge in [-0.05, 0) is 61.4 Å². The van der Waals surface area contributed by atoms with Crippen LogP contribution in [0.15, 0.2) is 45.8 Å². The number of nitrogens with zero attached hydrogens (tertiary/aromatic N) is 3. The predicted molar refractivity (Wildman–Crippen MR) is 123 cm³/mol. The van der Waals surface area contributed by atoms with Crippen molar-refractivity contribution in [1.82, 2.24) is 14.4 Å². The van der Waals surface area contributed by atoms with Crippen molar-refractivity contribution in [3.05, 3.63) is 59.0 Å². The van der Waals surface area contributed by atoms with Crippen LogP contribution in [-0.2, 0) is 15.4 Å². The average molecular weight is 457 g/mol. The van der Waals surface area contributed by atoms with Crippen molar-refractivity contribution < 1.29 is 17.7 Å². The van der Waals surface area contributed by atoms with E-state index in [1.165, 1.54) is 20.2 Å². The van der Waals surface area contributed by atoms with Gasteiger partial charge in [0.25, 0.3) is 5.91 Å². The number of sulfonamides is 1. The van der Waals surface area contributed by atoms with Gasteiger partial charge in [-0.1, -0.05) is 25.9 Å². The zero-order valence-electron chi connectivity index (χ0n) is 19.3. The summed E-state index contributed by atoms with van der Waals surface area (Å²) in [5.74, 6) is 0.620. The SMILES string of the molecule is Cc1cc(C(=O)Nc2ccc(-c3noc(C(C)(C)C)n3)cc2)cc(S(=O)(=O)N(C)C)c1C. The summed E-state index contributed by atoms with van der Waals surface area (Å²) < 4.78 is 31.8. The lowest BCUT2D eigenvalue weighted by atomic mass is 9.97. The number of nitrogens with one attached hydrogen (secondary N) is 1. The second-order valence-electron chi connectivity index (χ2n) is 8.91. The van der Waals surface area contributed by atoms with E-state index in [0.717, 1.165) is 15.4 Å². The zero-order chi connectivity index (χ0) is 23.8. The van der Waals surface area contributed by atoms with Gasteiger partial charge in [-0.3, -0.25) is 4.79 Å². The molecule has 0 atom stereocenters. The van der Waals surface area contributed by atoms with E-state index >= 15 is 0 Å². The fraction of sp³-hybridized carbons (Fsp3) is 0.348. The first-order valence-corrected chi connectivity index (χ1v) is 11.5. The number of carbonyl (C=O) groups is 1. The minimum Gasteiger partial charge on any atom is -0.338 e. The first kappa shape index (κ1) is 23.6. The summed E-state index contributed by atoms with van der Waals surface area (Å²) in [6.07, 6.45) is 0. The zero-order valence-corrected chi connectivity index (χ0v) is 20.2. The first-order valence-electron chi connectivity index (χ1n) is 10.1. The predicted octanol–water partition coefficient (Wildman–Crippen LogP) is 4.15. The van der Waals surface area contributed by atoms with E-state index in [-0.39, 0.29) is 15.9 Å². The molecule has 0 spiro atoms. The molecule has 9 heteroatoms. The van der Waals surface area contributed by atoms with E-state index in [0.29, 0.717) is 23.0 Å². The molecule has 3 aromatic rings. The molecular formula is C23H28N4O4S. The molecule has 170 valence electrons. The van der Waals surface area contributed by atoms with Crippen LogP contribution in [0.3, 0.4) is 0 Å². The largest absolute Gasteiger partial charge is 0.338 e. The Balaban J connectivity index is 1.84. The lowest BCUT2D eigenvalue weighted by Crippen LogP contribution is -2.24. The van der Waals surface area contributed by atoms with Gasteiger partial charge in [0.2, 0.25) is 21.7 Å².